The van der Waals surface area contributed by atoms with E-state index in [0.29, 0.717) is 0 Å². The van der Waals surface area contributed by atoms with Crippen LogP contribution in [0.3, 0.4) is 0 Å². The topological polar surface area (TPSA) is 28.7 Å². The van der Waals surface area contributed by atoms with Gasteiger partial charge in [0.25, 0.3) is 0 Å². The summed E-state index contributed by atoms with van der Waals surface area (Å²) in [6, 6.07) is 4.13. The second-order valence-corrected chi connectivity index (χ2v) is 2.80. The minimum Gasteiger partial charge on any atom is -0.344 e. The van der Waals surface area contributed by atoms with Crippen molar-refractivity contribution in [2.24, 2.45) is 0 Å². The average Bonchev–Trinajstić information content (AvgIpc) is 2.45. The maximum atomic E-state index is 4.17. The number of aromatic nitrogens is 2. The maximum absolute atomic E-state index is 4.17. The predicted octanol–water partition coefficient (Wildman–Crippen LogP) is 2.18. The highest BCUT2D eigenvalue weighted by Crippen LogP contribution is 2.16. The first-order valence-electron chi connectivity index (χ1n) is 3.68. The molecule has 0 bridgehead atoms. The van der Waals surface area contributed by atoms with Gasteiger partial charge >= 0.3 is 0 Å². The largest absolute Gasteiger partial charge is 0.344 e. The second kappa shape index (κ2) is 2.09. The molecule has 0 amide bonds. The molecule has 0 radical (unpaired) electrons. The van der Waals surface area contributed by atoms with Crippen molar-refractivity contribution in [1.29, 1.82) is 0 Å². The van der Waals surface area contributed by atoms with Crippen molar-refractivity contribution >= 4 is 11.0 Å². The van der Waals surface area contributed by atoms with Gasteiger partial charge in [-0.25, -0.2) is 4.98 Å². The van der Waals surface area contributed by atoms with Crippen molar-refractivity contribution in [3.8, 4) is 0 Å². The zero-order chi connectivity index (χ0) is 7.84. The van der Waals surface area contributed by atoms with E-state index in [2.05, 4.69) is 29.9 Å². The third-order valence-corrected chi connectivity index (χ3v) is 2.13. The van der Waals surface area contributed by atoms with Gasteiger partial charge in [0.05, 0.1) is 17.4 Å². The van der Waals surface area contributed by atoms with Gasteiger partial charge < -0.3 is 4.98 Å². The minimum absolute atomic E-state index is 1.05. The summed E-state index contributed by atoms with van der Waals surface area (Å²) in [5, 5.41) is 0. The molecule has 1 N–H and O–H groups in total. The van der Waals surface area contributed by atoms with Crippen LogP contribution in [0.4, 0.5) is 0 Å². The number of benzene rings is 1. The number of H-pyrrole nitrogens is 1. The number of fused-ring (bicyclic) bond motifs is 1. The fourth-order valence-electron chi connectivity index (χ4n) is 1.26. The van der Waals surface area contributed by atoms with Crippen LogP contribution in [0.15, 0.2) is 18.5 Å². The van der Waals surface area contributed by atoms with E-state index < -0.39 is 0 Å². The average molecular weight is 146 g/mol. The van der Waals surface area contributed by atoms with Crippen LogP contribution < -0.4 is 0 Å². The van der Waals surface area contributed by atoms with Crippen molar-refractivity contribution < 1.29 is 0 Å². The number of hydrogen-bond donors (Lipinski definition) is 1. The molecule has 0 aliphatic rings. The molecule has 1 heterocycles. The van der Waals surface area contributed by atoms with Crippen LogP contribution >= 0.6 is 0 Å². The summed E-state index contributed by atoms with van der Waals surface area (Å²) in [6.07, 6.45) is 1.73. The lowest BCUT2D eigenvalue weighted by Gasteiger charge is -1.98. The smallest absolute Gasteiger partial charge is 0.0931 e. The zero-order valence-electron chi connectivity index (χ0n) is 6.68. The van der Waals surface area contributed by atoms with E-state index in [9.17, 15) is 0 Å². The molecule has 0 unspecified atom stereocenters. The van der Waals surface area contributed by atoms with E-state index in [-0.39, 0.29) is 0 Å². The highest BCUT2D eigenvalue weighted by Gasteiger charge is 2.00. The van der Waals surface area contributed by atoms with Crippen LogP contribution in [0, 0.1) is 13.8 Å². The summed E-state index contributed by atoms with van der Waals surface area (Å²) in [7, 11) is 0. The number of rotatable bonds is 0. The molecule has 0 fully saturated rings. The summed E-state index contributed by atoms with van der Waals surface area (Å²) < 4.78 is 0. The van der Waals surface area contributed by atoms with Crippen LogP contribution in [-0.2, 0) is 0 Å². The molecule has 1 aromatic heterocycles. The van der Waals surface area contributed by atoms with E-state index in [0.717, 1.165) is 11.0 Å². The van der Waals surface area contributed by atoms with Gasteiger partial charge in [0.1, 0.15) is 0 Å². The fourth-order valence-corrected chi connectivity index (χ4v) is 1.26. The third-order valence-electron chi connectivity index (χ3n) is 2.13. The molecule has 0 aliphatic carbocycles. The molecule has 56 valence electrons. The number of hydrogen-bond acceptors (Lipinski definition) is 1. The number of aromatic amines is 1. The molecule has 11 heavy (non-hydrogen) atoms. The fraction of sp³-hybridized carbons (Fsp3) is 0.222. The normalized spacial score (nSPS) is 10.7. The SMILES string of the molecule is Cc1ccc2nc[nH]c2c1C. The molecule has 0 atom stereocenters. The van der Waals surface area contributed by atoms with E-state index >= 15 is 0 Å². The van der Waals surface area contributed by atoms with Crippen molar-refractivity contribution in [1.82, 2.24) is 9.97 Å². The Morgan fingerprint density at radius 1 is 1.27 bits per heavy atom. The Kier molecular flexibility index (Phi) is 1.22. The van der Waals surface area contributed by atoms with Crippen molar-refractivity contribution in [3.05, 3.63) is 29.6 Å². The monoisotopic (exact) mass is 146 g/mol. The lowest BCUT2D eigenvalue weighted by molar-refractivity contribution is 1.32. The van der Waals surface area contributed by atoms with E-state index in [4.69, 9.17) is 0 Å². The van der Waals surface area contributed by atoms with Gasteiger partial charge in [-0.15, -0.1) is 0 Å². The summed E-state index contributed by atoms with van der Waals surface area (Å²) in [6.45, 7) is 4.21. The Morgan fingerprint density at radius 2 is 2.09 bits per heavy atom. The van der Waals surface area contributed by atoms with Crippen LogP contribution in [0.2, 0.25) is 0 Å². The first kappa shape index (κ1) is 6.40. The number of nitrogens with zero attached hydrogens (tertiary/aromatic N) is 1. The third kappa shape index (κ3) is 0.827. The van der Waals surface area contributed by atoms with Crippen LogP contribution in [0.1, 0.15) is 11.1 Å². The van der Waals surface area contributed by atoms with E-state index in [1.165, 1.54) is 11.1 Å². The van der Waals surface area contributed by atoms with Crippen LogP contribution in [0.25, 0.3) is 11.0 Å². The van der Waals surface area contributed by atoms with E-state index in [1.807, 2.05) is 6.07 Å². The number of aryl methyl sites for hydroxylation is 2. The van der Waals surface area contributed by atoms with Gasteiger partial charge in [0.15, 0.2) is 0 Å². The Hall–Kier alpha value is -1.31. The molecular weight excluding hydrogens is 136 g/mol. The lowest BCUT2D eigenvalue weighted by atomic mass is 10.1. The molecule has 0 saturated heterocycles. The molecule has 2 rings (SSSR count). The van der Waals surface area contributed by atoms with Crippen molar-refractivity contribution in [3.63, 3.8) is 0 Å². The van der Waals surface area contributed by atoms with Gasteiger partial charge in [0.2, 0.25) is 0 Å². The van der Waals surface area contributed by atoms with Gasteiger partial charge in [-0.1, -0.05) is 6.07 Å². The summed E-state index contributed by atoms with van der Waals surface area (Å²) in [4.78, 5) is 7.28. The molecule has 0 aliphatic heterocycles. The Bertz CT molecular complexity index is 387. The highest BCUT2D eigenvalue weighted by molar-refractivity contribution is 5.79. The molecule has 2 aromatic rings. The van der Waals surface area contributed by atoms with Gasteiger partial charge in [-0.05, 0) is 31.0 Å². The van der Waals surface area contributed by atoms with Gasteiger partial charge in [-0.2, -0.15) is 0 Å². The number of imidazole rings is 1. The molecule has 2 nitrogen and oxygen atoms in total. The highest BCUT2D eigenvalue weighted by atomic mass is 14.9. The first-order chi connectivity index (χ1) is 5.29. The summed E-state index contributed by atoms with van der Waals surface area (Å²) >= 11 is 0. The van der Waals surface area contributed by atoms with Crippen LogP contribution in [-0.4, -0.2) is 9.97 Å². The second-order valence-electron chi connectivity index (χ2n) is 2.80. The standard InChI is InChI=1S/C9H10N2/c1-6-3-4-8-9(7(6)2)11-5-10-8/h3-5H,1-2H3,(H,10,11). The summed E-state index contributed by atoms with van der Waals surface area (Å²) in [5.74, 6) is 0. The number of nitrogens with one attached hydrogen (secondary N) is 1. The Balaban J connectivity index is 2.93. The van der Waals surface area contributed by atoms with E-state index in [1.54, 1.807) is 6.33 Å². The first-order valence-corrected chi connectivity index (χ1v) is 3.68. The molecule has 2 heteroatoms. The molecule has 0 saturated carbocycles. The maximum Gasteiger partial charge on any atom is 0.0931 e. The van der Waals surface area contributed by atoms with Crippen molar-refractivity contribution in [2.75, 3.05) is 0 Å². The Labute approximate surface area is 65.3 Å². The summed E-state index contributed by atoms with van der Waals surface area (Å²) in [5.41, 5.74) is 4.81. The predicted molar refractivity (Wildman–Crippen MR) is 45.6 cm³/mol. The van der Waals surface area contributed by atoms with Crippen LogP contribution in [0.5, 0.6) is 0 Å². The Morgan fingerprint density at radius 3 is 2.91 bits per heavy atom. The molecular formula is C9H10N2. The van der Waals surface area contributed by atoms with Gasteiger partial charge in [0, 0.05) is 0 Å². The lowest BCUT2D eigenvalue weighted by Crippen LogP contribution is -1.81. The van der Waals surface area contributed by atoms with Crippen molar-refractivity contribution in [2.45, 2.75) is 13.8 Å². The minimum atomic E-state index is 1.05. The molecule has 0 spiro atoms. The van der Waals surface area contributed by atoms with Gasteiger partial charge in [-0.3, -0.25) is 0 Å². The molecule has 1 aromatic carbocycles. The quantitative estimate of drug-likeness (QED) is 0.606. The zero-order valence-corrected chi connectivity index (χ0v) is 6.68.